The zero-order valence-electron chi connectivity index (χ0n) is 13.8. The van der Waals surface area contributed by atoms with Gasteiger partial charge in [-0.3, -0.25) is 4.98 Å². The topological polar surface area (TPSA) is 72.0 Å². The van der Waals surface area contributed by atoms with Crippen molar-refractivity contribution in [1.29, 1.82) is 0 Å². The van der Waals surface area contributed by atoms with Crippen LogP contribution < -0.4 is 4.72 Å². The molecule has 0 aliphatic rings. The molecule has 0 spiro atoms. The highest BCUT2D eigenvalue weighted by Gasteiger charge is 2.13. The van der Waals surface area contributed by atoms with Crippen molar-refractivity contribution < 1.29 is 8.42 Å². The Morgan fingerprint density at radius 3 is 2.56 bits per heavy atom. The molecule has 7 heteroatoms. The Morgan fingerprint density at radius 1 is 1.08 bits per heavy atom. The van der Waals surface area contributed by atoms with Crippen molar-refractivity contribution in [3.05, 3.63) is 70.9 Å². The van der Waals surface area contributed by atoms with Gasteiger partial charge >= 0.3 is 0 Å². The van der Waals surface area contributed by atoms with E-state index in [4.69, 9.17) is 0 Å². The molecule has 0 radical (unpaired) electrons. The zero-order chi connectivity index (χ0) is 17.7. The molecule has 3 rings (SSSR count). The highest BCUT2D eigenvalue weighted by atomic mass is 32.2. The summed E-state index contributed by atoms with van der Waals surface area (Å²) in [6.45, 7) is 2.30. The first-order valence-electron chi connectivity index (χ1n) is 7.92. The molecular formula is C18H19N3O2S2. The van der Waals surface area contributed by atoms with Gasteiger partial charge < -0.3 is 0 Å². The van der Waals surface area contributed by atoms with Crippen LogP contribution in [0.4, 0.5) is 0 Å². The molecule has 2 heterocycles. The molecule has 0 amide bonds. The number of rotatable bonds is 7. The number of aromatic nitrogens is 2. The predicted molar refractivity (Wildman–Crippen MR) is 101 cm³/mol. The highest BCUT2D eigenvalue weighted by molar-refractivity contribution is 7.88. The Morgan fingerprint density at radius 2 is 1.84 bits per heavy atom. The standard InChI is InChI=1S/C18H19N3O2S2/c1-14-17(24-18(21-14)16-9-5-6-11-19-16)10-12-20-25(22,23)13-15-7-3-2-4-8-15/h2-9,11,20H,10,12-13H2,1H3. The van der Waals surface area contributed by atoms with Crippen LogP contribution in [0.3, 0.4) is 0 Å². The van der Waals surface area contributed by atoms with Gasteiger partial charge in [-0.25, -0.2) is 18.1 Å². The molecule has 25 heavy (non-hydrogen) atoms. The van der Waals surface area contributed by atoms with Crippen LogP contribution in [-0.4, -0.2) is 24.9 Å². The second kappa shape index (κ2) is 7.86. The number of thiazole rings is 1. The molecule has 5 nitrogen and oxygen atoms in total. The van der Waals surface area contributed by atoms with Crippen LogP contribution in [0.2, 0.25) is 0 Å². The first kappa shape index (κ1) is 17.7. The summed E-state index contributed by atoms with van der Waals surface area (Å²) in [7, 11) is -3.34. The number of nitrogens with one attached hydrogen (secondary N) is 1. The Hall–Kier alpha value is -2.09. The maximum absolute atomic E-state index is 12.2. The van der Waals surface area contributed by atoms with Gasteiger partial charge in [0.25, 0.3) is 0 Å². The fourth-order valence-electron chi connectivity index (χ4n) is 2.42. The molecule has 1 N–H and O–H groups in total. The van der Waals surface area contributed by atoms with Gasteiger partial charge in [0.1, 0.15) is 5.01 Å². The minimum absolute atomic E-state index is 0.00526. The fraction of sp³-hybridized carbons (Fsp3) is 0.222. The van der Waals surface area contributed by atoms with Gasteiger partial charge in [0, 0.05) is 17.6 Å². The van der Waals surface area contributed by atoms with Gasteiger partial charge in [-0.2, -0.15) is 0 Å². The number of pyridine rings is 1. The lowest BCUT2D eigenvalue weighted by Crippen LogP contribution is -2.27. The summed E-state index contributed by atoms with van der Waals surface area (Å²) >= 11 is 1.56. The van der Waals surface area contributed by atoms with Gasteiger partial charge in [0.05, 0.1) is 17.1 Å². The van der Waals surface area contributed by atoms with E-state index in [-0.39, 0.29) is 5.75 Å². The van der Waals surface area contributed by atoms with E-state index in [9.17, 15) is 8.42 Å². The second-order valence-electron chi connectivity index (χ2n) is 5.63. The third-order valence-corrected chi connectivity index (χ3v) is 6.25. The summed E-state index contributed by atoms with van der Waals surface area (Å²) in [4.78, 5) is 9.92. The van der Waals surface area contributed by atoms with E-state index >= 15 is 0 Å². The van der Waals surface area contributed by atoms with Gasteiger partial charge in [-0.15, -0.1) is 11.3 Å². The lowest BCUT2D eigenvalue weighted by molar-refractivity contribution is 0.581. The van der Waals surface area contributed by atoms with Crippen molar-refractivity contribution in [3.8, 4) is 10.7 Å². The van der Waals surface area contributed by atoms with E-state index in [1.54, 1.807) is 17.5 Å². The molecule has 0 atom stereocenters. The summed E-state index contributed by atoms with van der Waals surface area (Å²) < 4.78 is 27.0. The minimum atomic E-state index is -3.34. The van der Waals surface area contributed by atoms with Crippen LogP contribution in [0.15, 0.2) is 54.7 Å². The van der Waals surface area contributed by atoms with Crippen molar-refractivity contribution in [2.75, 3.05) is 6.54 Å². The number of hydrogen-bond acceptors (Lipinski definition) is 5. The summed E-state index contributed by atoms with van der Waals surface area (Å²) in [6.07, 6.45) is 2.35. The maximum Gasteiger partial charge on any atom is 0.215 e. The lowest BCUT2D eigenvalue weighted by atomic mass is 10.2. The average molecular weight is 374 g/mol. The van der Waals surface area contributed by atoms with E-state index in [0.717, 1.165) is 26.8 Å². The summed E-state index contributed by atoms with van der Waals surface area (Å²) in [5, 5.41) is 0.861. The van der Waals surface area contributed by atoms with E-state index in [1.165, 1.54) is 0 Å². The molecule has 2 aromatic heterocycles. The predicted octanol–water partition coefficient (Wildman–Crippen LogP) is 3.18. The summed E-state index contributed by atoms with van der Waals surface area (Å²) in [5.74, 6) is -0.00526. The summed E-state index contributed by atoms with van der Waals surface area (Å²) in [6, 6.07) is 14.9. The Labute approximate surface area is 151 Å². The lowest BCUT2D eigenvalue weighted by Gasteiger charge is -2.06. The third kappa shape index (κ3) is 4.94. The Bertz CT molecular complexity index is 923. The Kier molecular flexibility index (Phi) is 5.57. The summed E-state index contributed by atoms with van der Waals surface area (Å²) in [5.41, 5.74) is 2.54. The van der Waals surface area contributed by atoms with Crippen molar-refractivity contribution in [3.63, 3.8) is 0 Å². The normalized spacial score (nSPS) is 11.6. The third-order valence-electron chi connectivity index (χ3n) is 3.65. The molecule has 0 fully saturated rings. The Balaban J connectivity index is 1.60. The van der Waals surface area contributed by atoms with Crippen LogP contribution >= 0.6 is 11.3 Å². The molecule has 130 valence electrons. The van der Waals surface area contributed by atoms with Crippen molar-refractivity contribution >= 4 is 21.4 Å². The molecular weight excluding hydrogens is 354 g/mol. The van der Waals surface area contributed by atoms with E-state index in [1.807, 2.05) is 55.5 Å². The monoisotopic (exact) mass is 373 g/mol. The molecule has 1 aromatic carbocycles. The van der Waals surface area contributed by atoms with Crippen LogP contribution in [0.1, 0.15) is 16.1 Å². The van der Waals surface area contributed by atoms with Crippen LogP contribution in [0.25, 0.3) is 10.7 Å². The molecule has 0 saturated carbocycles. The largest absolute Gasteiger partial charge is 0.254 e. The second-order valence-corrected chi connectivity index (χ2v) is 8.52. The van der Waals surface area contributed by atoms with Gasteiger partial charge in [0.15, 0.2) is 0 Å². The number of sulfonamides is 1. The number of benzene rings is 1. The number of hydrogen-bond donors (Lipinski definition) is 1. The van der Waals surface area contributed by atoms with Crippen LogP contribution in [0.5, 0.6) is 0 Å². The van der Waals surface area contributed by atoms with E-state index in [0.29, 0.717) is 13.0 Å². The molecule has 0 saturated heterocycles. The van der Waals surface area contributed by atoms with Gasteiger partial charge in [0.2, 0.25) is 10.0 Å². The van der Waals surface area contributed by atoms with Gasteiger partial charge in [-0.1, -0.05) is 36.4 Å². The first-order chi connectivity index (χ1) is 12.0. The molecule has 0 aliphatic heterocycles. The fourth-order valence-corrected chi connectivity index (χ4v) is 4.61. The van der Waals surface area contributed by atoms with Crippen molar-refractivity contribution in [2.45, 2.75) is 19.1 Å². The number of aryl methyl sites for hydroxylation is 1. The maximum atomic E-state index is 12.2. The first-order valence-corrected chi connectivity index (χ1v) is 10.4. The van der Waals surface area contributed by atoms with E-state index in [2.05, 4.69) is 14.7 Å². The quantitative estimate of drug-likeness (QED) is 0.690. The zero-order valence-corrected chi connectivity index (χ0v) is 15.5. The van der Waals surface area contributed by atoms with Crippen molar-refractivity contribution in [1.82, 2.24) is 14.7 Å². The van der Waals surface area contributed by atoms with Gasteiger partial charge in [-0.05, 0) is 31.0 Å². The molecule has 0 unspecified atom stereocenters. The van der Waals surface area contributed by atoms with E-state index < -0.39 is 10.0 Å². The average Bonchev–Trinajstić information content (AvgIpc) is 2.97. The molecule has 3 aromatic rings. The molecule has 0 aliphatic carbocycles. The smallest absolute Gasteiger partial charge is 0.215 e. The van der Waals surface area contributed by atoms with Crippen molar-refractivity contribution in [2.24, 2.45) is 0 Å². The highest BCUT2D eigenvalue weighted by Crippen LogP contribution is 2.26. The van der Waals surface area contributed by atoms with Crippen LogP contribution in [-0.2, 0) is 22.2 Å². The molecule has 0 bridgehead atoms. The van der Waals surface area contributed by atoms with Crippen LogP contribution in [0, 0.1) is 6.92 Å². The minimum Gasteiger partial charge on any atom is -0.254 e. The number of nitrogens with zero attached hydrogens (tertiary/aromatic N) is 2. The SMILES string of the molecule is Cc1nc(-c2ccccn2)sc1CCNS(=O)(=O)Cc1ccccc1.